The summed E-state index contributed by atoms with van der Waals surface area (Å²) in [7, 11) is 1.61. The molecule has 0 bridgehead atoms. The van der Waals surface area contributed by atoms with Gasteiger partial charge in [-0.15, -0.1) is 0 Å². The van der Waals surface area contributed by atoms with Crippen LogP contribution in [0.25, 0.3) is 0 Å². The molecular formula is C22H19N5O. The quantitative estimate of drug-likeness (QED) is 0.507. The topological polar surface area (TPSA) is 64.0 Å². The summed E-state index contributed by atoms with van der Waals surface area (Å²) < 4.78 is 5.35. The number of rotatable bonds is 6. The van der Waals surface area contributed by atoms with Crippen LogP contribution in [0.15, 0.2) is 91.8 Å². The van der Waals surface area contributed by atoms with Gasteiger partial charge >= 0.3 is 0 Å². The zero-order valence-corrected chi connectivity index (χ0v) is 15.4. The van der Waals surface area contributed by atoms with Crippen molar-refractivity contribution in [2.45, 2.75) is 6.04 Å². The van der Waals surface area contributed by atoms with Crippen LogP contribution in [0, 0.1) is 0 Å². The maximum Gasteiger partial charge on any atom is 0.214 e. The summed E-state index contributed by atoms with van der Waals surface area (Å²) in [4.78, 5) is 19.8. The lowest BCUT2D eigenvalue weighted by molar-refractivity contribution is 0.398. The van der Waals surface area contributed by atoms with Gasteiger partial charge in [0, 0.05) is 37.1 Å². The molecule has 138 valence electrons. The Bertz CT molecular complexity index is 973. The van der Waals surface area contributed by atoms with Crippen LogP contribution in [0.2, 0.25) is 0 Å². The van der Waals surface area contributed by atoms with Gasteiger partial charge in [-0.1, -0.05) is 18.2 Å². The summed E-state index contributed by atoms with van der Waals surface area (Å²) in [6.45, 7) is 0. The van der Waals surface area contributed by atoms with Crippen molar-refractivity contribution in [1.82, 2.24) is 19.9 Å². The molecule has 0 radical (unpaired) electrons. The van der Waals surface area contributed by atoms with Crippen molar-refractivity contribution in [1.29, 1.82) is 0 Å². The molecule has 0 spiro atoms. The molecule has 0 saturated heterocycles. The van der Waals surface area contributed by atoms with Crippen molar-refractivity contribution in [3.8, 4) is 5.88 Å². The number of hydrogen-bond acceptors (Lipinski definition) is 6. The van der Waals surface area contributed by atoms with Crippen molar-refractivity contribution < 1.29 is 4.74 Å². The van der Waals surface area contributed by atoms with E-state index in [2.05, 4.69) is 24.8 Å². The maximum absolute atomic E-state index is 5.35. The van der Waals surface area contributed by atoms with Crippen LogP contribution >= 0.6 is 0 Å². The molecule has 0 unspecified atom stereocenters. The number of anilines is 2. The summed E-state index contributed by atoms with van der Waals surface area (Å²) in [6.07, 6.45) is 10.8. The average molecular weight is 369 g/mol. The molecule has 6 heteroatoms. The first-order valence-corrected chi connectivity index (χ1v) is 8.87. The third kappa shape index (κ3) is 3.66. The Balaban J connectivity index is 1.94. The smallest absolute Gasteiger partial charge is 0.214 e. The number of pyridine rings is 4. The zero-order chi connectivity index (χ0) is 19.2. The minimum Gasteiger partial charge on any atom is -0.481 e. The van der Waals surface area contributed by atoms with Crippen LogP contribution in [0.5, 0.6) is 5.88 Å². The third-order valence-corrected chi connectivity index (χ3v) is 4.35. The predicted octanol–water partition coefficient (Wildman–Crippen LogP) is 4.20. The van der Waals surface area contributed by atoms with E-state index in [1.807, 2.05) is 73.2 Å². The number of nitrogens with zero attached hydrogens (tertiary/aromatic N) is 5. The molecule has 0 aliphatic rings. The van der Waals surface area contributed by atoms with Crippen molar-refractivity contribution in [3.63, 3.8) is 0 Å². The second-order valence-corrected chi connectivity index (χ2v) is 6.09. The molecule has 4 heterocycles. The molecule has 0 N–H and O–H groups in total. The first-order valence-electron chi connectivity index (χ1n) is 8.87. The number of aromatic nitrogens is 4. The largest absolute Gasteiger partial charge is 0.481 e. The van der Waals surface area contributed by atoms with Crippen molar-refractivity contribution in [2.24, 2.45) is 0 Å². The lowest BCUT2D eigenvalue weighted by Gasteiger charge is -2.33. The predicted molar refractivity (Wildman–Crippen MR) is 107 cm³/mol. The van der Waals surface area contributed by atoms with Crippen LogP contribution in [0.1, 0.15) is 17.2 Å². The Hall–Kier alpha value is -3.80. The Morgan fingerprint density at radius 3 is 1.93 bits per heavy atom. The monoisotopic (exact) mass is 369 g/mol. The van der Waals surface area contributed by atoms with Gasteiger partial charge in [-0.2, -0.15) is 4.98 Å². The number of hydrogen-bond donors (Lipinski definition) is 0. The third-order valence-electron chi connectivity index (χ3n) is 4.35. The van der Waals surface area contributed by atoms with E-state index >= 15 is 0 Å². The molecule has 4 rings (SSSR count). The van der Waals surface area contributed by atoms with Gasteiger partial charge in [0.1, 0.15) is 5.82 Å². The Labute approximate surface area is 163 Å². The highest BCUT2D eigenvalue weighted by molar-refractivity contribution is 5.63. The Morgan fingerprint density at radius 1 is 0.750 bits per heavy atom. The summed E-state index contributed by atoms with van der Waals surface area (Å²) in [5.74, 6) is 1.28. The second kappa shape index (κ2) is 8.26. The van der Waals surface area contributed by atoms with Crippen molar-refractivity contribution in [3.05, 3.63) is 103 Å². The minimum absolute atomic E-state index is 0.189. The molecule has 0 amide bonds. The van der Waals surface area contributed by atoms with Crippen LogP contribution in [0.3, 0.4) is 0 Å². The zero-order valence-electron chi connectivity index (χ0n) is 15.4. The molecular weight excluding hydrogens is 350 g/mol. The molecule has 0 atom stereocenters. The van der Waals surface area contributed by atoms with Crippen molar-refractivity contribution >= 4 is 11.5 Å². The van der Waals surface area contributed by atoms with E-state index in [1.165, 1.54) is 0 Å². The first kappa shape index (κ1) is 17.6. The minimum atomic E-state index is -0.189. The summed E-state index contributed by atoms with van der Waals surface area (Å²) in [5, 5.41) is 0. The summed E-state index contributed by atoms with van der Waals surface area (Å²) in [5.41, 5.74) is 2.94. The average Bonchev–Trinajstić information content (AvgIpc) is 2.79. The van der Waals surface area contributed by atoms with Gasteiger partial charge in [0.05, 0.1) is 25.0 Å². The van der Waals surface area contributed by atoms with Gasteiger partial charge in [-0.05, 0) is 41.5 Å². The van der Waals surface area contributed by atoms with E-state index in [9.17, 15) is 0 Å². The molecule has 4 aromatic rings. The van der Waals surface area contributed by atoms with Gasteiger partial charge in [0.25, 0.3) is 0 Å². The van der Waals surface area contributed by atoms with E-state index in [4.69, 9.17) is 4.74 Å². The van der Waals surface area contributed by atoms with E-state index in [0.29, 0.717) is 5.88 Å². The standard InChI is InChI=1S/C22H19N5O/c1-28-21-10-2-9-20(26-21)27(19-8-5-13-25-16-19)22(17-6-3-11-23-14-17)18-7-4-12-24-15-18/h2-16,22H,1H3. The second-order valence-electron chi connectivity index (χ2n) is 6.09. The molecule has 6 nitrogen and oxygen atoms in total. The molecule has 4 aromatic heterocycles. The van der Waals surface area contributed by atoms with Gasteiger partial charge in [-0.3, -0.25) is 15.0 Å². The normalized spacial score (nSPS) is 10.6. The number of ether oxygens (including phenoxy) is 1. The van der Waals surface area contributed by atoms with Crippen LogP contribution in [-0.4, -0.2) is 27.0 Å². The maximum atomic E-state index is 5.35. The lowest BCUT2D eigenvalue weighted by Crippen LogP contribution is -2.26. The van der Waals surface area contributed by atoms with Crippen LogP contribution in [0.4, 0.5) is 11.5 Å². The van der Waals surface area contributed by atoms with E-state index in [0.717, 1.165) is 22.6 Å². The van der Waals surface area contributed by atoms with E-state index in [-0.39, 0.29) is 6.04 Å². The first-order chi connectivity index (χ1) is 13.9. The lowest BCUT2D eigenvalue weighted by atomic mass is 9.99. The fourth-order valence-corrected chi connectivity index (χ4v) is 3.13. The molecule has 0 saturated carbocycles. The Morgan fingerprint density at radius 2 is 1.39 bits per heavy atom. The van der Waals surface area contributed by atoms with Crippen LogP contribution < -0.4 is 9.64 Å². The van der Waals surface area contributed by atoms with Crippen LogP contribution in [-0.2, 0) is 0 Å². The fraction of sp³-hybridized carbons (Fsp3) is 0.0909. The van der Waals surface area contributed by atoms with Gasteiger partial charge in [-0.25, -0.2) is 0 Å². The molecule has 0 aliphatic heterocycles. The Kier molecular flexibility index (Phi) is 5.20. The SMILES string of the molecule is COc1cccc(N(c2cccnc2)C(c2cccnc2)c2cccnc2)n1. The highest BCUT2D eigenvalue weighted by atomic mass is 16.5. The molecule has 0 fully saturated rings. The highest BCUT2D eigenvalue weighted by Crippen LogP contribution is 2.38. The van der Waals surface area contributed by atoms with E-state index in [1.54, 1.807) is 25.7 Å². The molecule has 0 aromatic carbocycles. The van der Waals surface area contributed by atoms with Gasteiger partial charge < -0.3 is 9.64 Å². The van der Waals surface area contributed by atoms with Gasteiger partial charge in [0.15, 0.2) is 0 Å². The summed E-state index contributed by atoms with van der Waals surface area (Å²) >= 11 is 0. The number of methoxy groups -OCH3 is 1. The van der Waals surface area contributed by atoms with Crippen molar-refractivity contribution in [2.75, 3.05) is 12.0 Å². The molecule has 28 heavy (non-hydrogen) atoms. The fourth-order valence-electron chi connectivity index (χ4n) is 3.13. The summed E-state index contributed by atoms with van der Waals surface area (Å²) in [6, 6.07) is 17.4. The van der Waals surface area contributed by atoms with E-state index < -0.39 is 0 Å². The highest BCUT2D eigenvalue weighted by Gasteiger charge is 2.26. The molecule has 0 aliphatic carbocycles. The van der Waals surface area contributed by atoms with Gasteiger partial charge in [0.2, 0.25) is 5.88 Å².